The van der Waals surface area contributed by atoms with Crippen molar-refractivity contribution in [2.75, 3.05) is 6.61 Å². The van der Waals surface area contributed by atoms with E-state index in [0.717, 1.165) is 12.8 Å². The van der Waals surface area contributed by atoms with Gasteiger partial charge in [-0.15, -0.1) is 0 Å². The van der Waals surface area contributed by atoms with E-state index in [1.165, 1.54) is 6.42 Å². The summed E-state index contributed by atoms with van der Waals surface area (Å²) in [5, 5.41) is 7.64. The standard InChI is InChI=1S/C13H18N4O3/c1-8-10(6-15-19-8)11-16-12(17-20-11)13(2,14)7-18-9-4-3-5-9/h6,9H,3-5,7,14H2,1-2H3. The molecule has 1 aliphatic carbocycles. The average molecular weight is 278 g/mol. The second-order valence-electron chi connectivity index (χ2n) is 5.50. The Labute approximate surface area is 116 Å². The molecule has 7 heteroatoms. The van der Waals surface area contributed by atoms with Gasteiger partial charge in [0.1, 0.15) is 16.9 Å². The number of ether oxygens (including phenoxy) is 1. The van der Waals surface area contributed by atoms with Crippen LogP contribution in [0, 0.1) is 6.92 Å². The molecule has 2 aromatic heterocycles. The van der Waals surface area contributed by atoms with Crippen molar-refractivity contribution in [1.29, 1.82) is 0 Å². The molecule has 1 aliphatic rings. The molecule has 7 nitrogen and oxygen atoms in total. The lowest BCUT2D eigenvalue weighted by molar-refractivity contribution is -0.0222. The summed E-state index contributed by atoms with van der Waals surface area (Å²) in [4.78, 5) is 4.32. The monoisotopic (exact) mass is 278 g/mol. The molecule has 1 saturated carbocycles. The summed E-state index contributed by atoms with van der Waals surface area (Å²) in [6.07, 6.45) is 5.31. The minimum absolute atomic E-state index is 0.324. The molecule has 0 radical (unpaired) electrons. The van der Waals surface area contributed by atoms with Gasteiger partial charge in [-0.3, -0.25) is 0 Å². The van der Waals surface area contributed by atoms with Crippen molar-refractivity contribution in [3.05, 3.63) is 17.8 Å². The Hall–Kier alpha value is -1.73. The number of aromatic nitrogens is 3. The summed E-state index contributed by atoms with van der Waals surface area (Å²) in [5.41, 5.74) is 6.13. The van der Waals surface area contributed by atoms with Gasteiger partial charge in [-0.1, -0.05) is 10.3 Å². The normalized spacial score (nSPS) is 18.8. The molecule has 0 bridgehead atoms. The Morgan fingerprint density at radius 3 is 2.85 bits per heavy atom. The van der Waals surface area contributed by atoms with Gasteiger partial charge in [0, 0.05) is 0 Å². The number of hydrogen-bond acceptors (Lipinski definition) is 7. The van der Waals surface area contributed by atoms with Crippen molar-refractivity contribution >= 4 is 0 Å². The van der Waals surface area contributed by atoms with Crippen LogP contribution in [0.2, 0.25) is 0 Å². The average Bonchev–Trinajstić information content (AvgIpc) is 2.94. The van der Waals surface area contributed by atoms with Crippen LogP contribution in [0.1, 0.15) is 37.8 Å². The Morgan fingerprint density at radius 2 is 2.25 bits per heavy atom. The van der Waals surface area contributed by atoms with Crippen LogP contribution in [-0.2, 0) is 10.3 Å². The van der Waals surface area contributed by atoms with E-state index in [-0.39, 0.29) is 0 Å². The molecule has 0 aromatic carbocycles. The van der Waals surface area contributed by atoms with Gasteiger partial charge < -0.3 is 19.5 Å². The Morgan fingerprint density at radius 1 is 1.45 bits per heavy atom. The fourth-order valence-corrected chi connectivity index (χ4v) is 1.96. The van der Waals surface area contributed by atoms with E-state index in [1.807, 2.05) is 6.92 Å². The number of nitrogens with two attached hydrogens (primary N) is 1. The fourth-order valence-electron chi connectivity index (χ4n) is 1.96. The van der Waals surface area contributed by atoms with E-state index < -0.39 is 5.54 Å². The van der Waals surface area contributed by atoms with Crippen LogP contribution < -0.4 is 5.73 Å². The van der Waals surface area contributed by atoms with Crippen LogP contribution in [0.3, 0.4) is 0 Å². The summed E-state index contributed by atoms with van der Waals surface area (Å²) < 4.78 is 16.0. The third-order valence-corrected chi connectivity index (χ3v) is 3.59. The second kappa shape index (κ2) is 4.99. The highest BCUT2D eigenvalue weighted by Crippen LogP contribution is 2.26. The molecular formula is C13H18N4O3. The van der Waals surface area contributed by atoms with Gasteiger partial charge in [0.25, 0.3) is 5.89 Å². The summed E-state index contributed by atoms with van der Waals surface area (Å²) in [6.45, 7) is 3.99. The first-order valence-corrected chi connectivity index (χ1v) is 6.72. The highest BCUT2D eigenvalue weighted by Gasteiger charge is 2.31. The number of rotatable bonds is 5. The van der Waals surface area contributed by atoms with E-state index >= 15 is 0 Å². The van der Waals surface area contributed by atoms with Gasteiger partial charge >= 0.3 is 0 Å². The molecule has 108 valence electrons. The summed E-state index contributed by atoms with van der Waals surface area (Å²) in [6, 6.07) is 0. The molecule has 2 N–H and O–H groups in total. The highest BCUT2D eigenvalue weighted by molar-refractivity contribution is 5.53. The first-order chi connectivity index (χ1) is 9.56. The van der Waals surface area contributed by atoms with Gasteiger partial charge in [-0.2, -0.15) is 4.98 Å². The van der Waals surface area contributed by atoms with Crippen LogP contribution in [0.5, 0.6) is 0 Å². The molecule has 2 heterocycles. The number of nitrogens with zero attached hydrogens (tertiary/aromatic N) is 3. The van der Waals surface area contributed by atoms with Gasteiger partial charge in [0.15, 0.2) is 5.82 Å². The molecule has 1 atom stereocenters. The van der Waals surface area contributed by atoms with Crippen molar-refractivity contribution in [1.82, 2.24) is 15.3 Å². The maximum absolute atomic E-state index is 6.22. The van der Waals surface area contributed by atoms with Gasteiger partial charge in [-0.05, 0) is 33.1 Å². The lowest BCUT2D eigenvalue weighted by Crippen LogP contribution is -2.41. The molecule has 0 amide bonds. The quantitative estimate of drug-likeness (QED) is 0.889. The van der Waals surface area contributed by atoms with Crippen molar-refractivity contribution in [3.63, 3.8) is 0 Å². The van der Waals surface area contributed by atoms with Crippen molar-refractivity contribution in [2.24, 2.45) is 5.73 Å². The third-order valence-electron chi connectivity index (χ3n) is 3.59. The van der Waals surface area contributed by atoms with Crippen molar-refractivity contribution in [2.45, 2.75) is 44.8 Å². The SMILES string of the molecule is Cc1oncc1-c1nc(C(C)(N)COC2CCC2)no1. The predicted molar refractivity (Wildman–Crippen MR) is 69.7 cm³/mol. The van der Waals surface area contributed by atoms with E-state index in [2.05, 4.69) is 15.3 Å². The smallest absolute Gasteiger partial charge is 0.263 e. The molecule has 0 aliphatic heterocycles. The minimum atomic E-state index is -0.775. The van der Waals surface area contributed by atoms with Crippen LogP contribution >= 0.6 is 0 Å². The summed E-state index contributed by atoms with van der Waals surface area (Å²) in [7, 11) is 0. The number of aryl methyl sites for hydroxylation is 1. The number of hydrogen-bond donors (Lipinski definition) is 1. The lowest BCUT2D eigenvalue weighted by atomic mass is 9.95. The minimum Gasteiger partial charge on any atom is -0.376 e. The Bertz CT molecular complexity index is 586. The lowest BCUT2D eigenvalue weighted by Gasteiger charge is -2.29. The fraction of sp³-hybridized carbons (Fsp3) is 0.615. The Balaban J connectivity index is 1.73. The largest absolute Gasteiger partial charge is 0.376 e. The molecule has 1 unspecified atom stereocenters. The first-order valence-electron chi connectivity index (χ1n) is 6.72. The van der Waals surface area contributed by atoms with Crippen LogP contribution in [0.25, 0.3) is 11.5 Å². The maximum atomic E-state index is 6.22. The van der Waals surface area contributed by atoms with Crippen LogP contribution in [0.15, 0.2) is 15.2 Å². The first kappa shape index (κ1) is 13.3. The zero-order chi connectivity index (χ0) is 14.2. The van der Waals surface area contributed by atoms with E-state index in [0.29, 0.717) is 35.7 Å². The third kappa shape index (κ3) is 2.46. The molecule has 0 spiro atoms. The molecular weight excluding hydrogens is 260 g/mol. The molecule has 3 rings (SSSR count). The van der Waals surface area contributed by atoms with Crippen molar-refractivity contribution in [3.8, 4) is 11.5 Å². The summed E-state index contributed by atoms with van der Waals surface area (Å²) >= 11 is 0. The molecule has 0 saturated heterocycles. The maximum Gasteiger partial charge on any atom is 0.263 e. The van der Waals surface area contributed by atoms with Gasteiger partial charge in [0.2, 0.25) is 0 Å². The van der Waals surface area contributed by atoms with E-state index in [9.17, 15) is 0 Å². The zero-order valence-corrected chi connectivity index (χ0v) is 11.6. The predicted octanol–water partition coefficient (Wildman–Crippen LogP) is 1.78. The van der Waals surface area contributed by atoms with Crippen molar-refractivity contribution < 1.29 is 13.8 Å². The Kier molecular flexibility index (Phi) is 3.31. The molecule has 20 heavy (non-hydrogen) atoms. The zero-order valence-electron chi connectivity index (χ0n) is 11.6. The summed E-state index contributed by atoms with van der Waals surface area (Å²) in [5.74, 6) is 1.41. The van der Waals surface area contributed by atoms with E-state index in [4.69, 9.17) is 19.5 Å². The second-order valence-corrected chi connectivity index (χ2v) is 5.50. The van der Waals surface area contributed by atoms with Gasteiger partial charge in [0.05, 0.1) is 18.9 Å². The van der Waals surface area contributed by atoms with Crippen LogP contribution in [0.4, 0.5) is 0 Å². The van der Waals surface area contributed by atoms with Crippen LogP contribution in [-0.4, -0.2) is 28.0 Å². The van der Waals surface area contributed by atoms with E-state index in [1.54, 1.807) is 13.1 Å². The highest BCUT2D eigenvalue weighted by atomic mass is 16.5. The molecule has 2 aromatic rings. The molecule has 1 fully saturated rings. The van der Waals surface area contributed by atoms with Gasteiger partial charge in [-0.25, -0.2) is 0 Å². The topological polar surface area (TPSA) is 100 Å².